The average Bonchev–Trinajstić information content (AvgIpc) is 1.88. The summed E-state index contributed by atoms with van der Waals surface area (Å²) in [6, 6.07) is 6.06. The number of benzene rings is 1. The van der Waals surface area contributed by atoms with Gasteiger partial charge in [0.1, 0.15) is 0 Å². The Balaban J connectivity index is 0.000001000. The molecule has 0 amide bonds. The first-order valence-electron chi connectivity index (χ1n) is 2.79. The van der Waals surface area contributed by atoms with Gasteiger partial charge >= 0.3 is 5.97 Å². The Morgan fingerprint density at radius 1 is 1.27 bits per heavy atom. The SMILES string of the molecule is Cl.Nc1ccc(C(=O)O)cc1. The number of nitrogens with two attached hydrogens (primary N) is 1. The van der Waals surface area contributed by atoms with E-state index in [1.165, 1.54) is 12.1 Å². The van der Waals surface area contributed by atoms with Crippen LogP contribution in [0.2, 0.25) is 0 Å². The Morgan fingerprint density at radius 2 is 1.73 bits per heavy atom. The molecule has 1 rings (SSSR count). The van der Waals surface area contributed by atoms with Crippen molar-refractivity contribution in [3.63, 3.8) is 0 Å². The van der Waals surface area contributed by atoms with Gasteiger partial charge in [-0.3, -0.25) is 0 Å². The molecule has 0 aliphatic rings. The number of nitrogen functional groups attached to an aromatic ring is 1. The third-order valence-electron chi connectivity index (χ3n) is 1.16. The minimum absolute atomic E-state index is 0. The van der Waals surface area contributed by atoms with Crippen LogP contribution in [0.1, 0.15) is 10.4 Å². The topological polar surface area (TPSA) is 63.3 Å². The molecule has 0 saturated carbocycles. The zero-order valence-electron chi connectivity index (χ0n) is 5.65. The average molecular weight is 174 g/mol. The lowest BCUT2D eigenvalue weighted by Gasteiger charge is -1.93. The molecule has 3 nitrogen and oxygen atoms in total. The Bertz CT molecular complexity index is 245. The molecule has 0 aliphatic carbocycles. The number of anilines is 1. The first-order chi connectivity index (χ1) is 4.70. The van der Waals surface area contributed by atoms with E-state index in [9.17, 15) is 4.79 Å². The van der Waals surface area contributed by atoms with E-state index in [-0.39, 0.29) is 18.0 Å². The van der Waals surface area contributed by atoms with Crippen molar-refractivity contribution in [3.05, 3.63) is 29.8 Å². The zero-order chi connectivity index (χ0) is 7.56. The molecule has 0 bridgehead atoms. The van der Waals surface area contributed by atoms with Gasteiger partial charge in [-0.25, -0.2) is 4.79 Å². The molecule has 0 atom stereocenters. The summed E-state index contributed by atoms with van der Waals surface area (Å²) in [5.74, 6) is -0.931. The summed E-state index contributed by atoms with van der Waals surface area (Å²) in [5.41, 5.74) is 6.17. The van der Waals surface area contributed by atoms with Crippen LogP contribution in [0.3, 0.4) is 0 Å². The highest BCUT2D eigenvalue weighted by Crippen LogP contribution is 2.04. The van der Waals surface area contributed by atoms with Crippen molar-refractivity contribution >= 4 is 24.1 Å². The predicted octanol–water partition coefficient (Wildman–Crippen LogP) is 1.39. The number of carboxylic acids is 1. The Morgan fingerprint density at radius 3 is 2.09 bits per heavy atom. The van der Waals surface area contributed by atoms with E-state index < -0.39 is 5.97 Å². The molecular weight excluding hydrogens is 166 g/mol. The summed E-state index contributed by atoms with van der Waals surface area (Å²) in [5, 5.41) is 8.43. The van der Waals surface area contributed by atoms with Gasteiger partial charge in [-0.2, -0.15) is 0 Å². The molecule has 0 saturated heterocycles. The zero-order valence-corrected chi connectivity index (χ0v) is 6.47. The summed E-state index contributed by atoms with van der Waals surface area (Å²) < 4.78 is 0. The number of hydrogen-bond donors (Lipinski definition) is 2. The maximum Gasteiger partial charge on any atom is 0.335 e. The number of carboxylic acid groups (broad SMARTS) is 1. The van der Waals surface area contributed by atoms with Crippen molar-refractivity contribution in [2.75, 3.05) is 5.73 Å². The van der Waals surface area contributed by atoms with E-state index in [1.54, 1.807) is 12.1 Å². The smallest absolute Gasteiger partial charge is 0.335 e. The van der Waals surface area contributed by atoms with E-state index in [4.69, 9.17) is 10.8 Å². The normalized spacial score (nSPS) is 8.36. The number of aromatic carboxylic acids is 1. The highest BCUT2D eigenvalue weighted by Gasteiger charge is 1.98. The molecule has 1 aromatic carbocycles. The van der Waals surface area contributed by atoms with Crippen molar-refractivity contribution < 1.29 is 9.90 Å². The van der Waals surface area contributed by atoms with E-state index >= 15 is 0 Å². The van der Waals surface area contributed by atoms with Crippen LogP contribution in [0.25, 0.3) is 0 Å². The summed E-state index contributed by atoms with van der Waals surface area (Å²) in [6.07, 6.45) is 0. The number of rotatable bonds is 1. The number of hydrogen-bond acceptors (Lipinski definition) is 2. The monoisotopic (exact) mass is 173 g/mol. The fourth-order valence-corrected chi connectivity index (χ4v) is 0.626. The molecule has 0 aromatic heterocycles. The Kier molecular flexibility index (Phi) is 3.40. The van der Waals surface area contributed by atoms with Crippen molar-refractivity contribution in [3.8, 4) is 0 Å². The highest BCUT2D eigenvalue weighted by atomic mass is 35.5. The molecule has 0 unspecified atom stereocenters. The van der Waals surface area contributed by atoms with E-state index in [0.717, 1.165) is 0 Å². The second-order valence-corrected chi connectivity index (χ2v) is 1.93. The maximum absolute atomic E-state index is 10.3. The van der Waals surface area contributed by atoms with Crippen LogP contribution < -0.4 is 5.73 Å². The standard InChI is InChI=1S/C7H7NO2.ClH/c8-6-3-1-5(2-4-6)7(9)10;/h1-4H,8H2,(H,9,10);1H. The molecule has 4 heteroatoms. The van der Waals surface area contributed by atoms with Crippen LogP contribution >= 0.6 is 12.4 Å². The molecular formula is C7H8ClNO2. The molecule has 0 heterocycles. The highest BCUT2D eigenvalue weighted by molar-refractivity contribution is 5.87. The van der Waals surface area contributed by atoms with Crippen LogP contribution in [-0.4, -0.2) is 11.1 Å². The van der Waals surface area contributed by atoms with Crippen molar-refractivity contribution in [1.82, 2.24) is 0 Å². The van der Waals surface area contributed by atoms with E-state index in [0.29, 0.717) is 5.69 Å². The molecule has 0 aliphatic heterocycles. The van der Waals surface area contributed by atoms with Gasteiger partial charge in [0.2, 0.25) is 0 Å². The van der Waals surface area contributed by atoms with Crippen molar-refractivity contribution in [1.29, 1.82) is 0 Å². The minimum Gasteiger partial charge on any atom is -0.478 e. The third-order valence-corrected chi connectivity index (χ3v) is 1.16. The predicted molar refractivity (Wildman–Crippen MR) is 45.1 cm³/mol. The summed E-state index contributed by atoms with van der Waals surface area (Å²) in [4.78, 5) is 10.3. The van der Waals surface area contributed by atoms with Gasteiger partial charge in [-0.15, -0.1) is 12.4 Å². The lowest BCUT2D eigenvalue weighted by Crippen LogP contribution is -1.95. The number of carbonyl (C=O) groups is 1. The molecule has 0 spiro atoms. The molecule has 0 fully saturated rings. The fourth-order valence-electron chi connectivity index (χ4n) is 0.626. The molecule has 0 radical (unpaired) electrons. The lowest BCUT2D eigenvalue weighted by molar-refractivity contribution is 0.0697. The summed E-state index contributed by atoms with van der Waals surface area (Å²) in [6.45, 7) is 0. The van der Waals surface area contributed by atoms with E-state index in [2.05, 4.69) is 0 Å². The van der Waals surface area contributed by atoms with Gasteiger partial charge in [-0.1, -0.05) is 0 Å². The Labute approximate surface area is 70.2 Å². The maximum atomic E-state index is 10.3. The van der Waals surface area contributed by atoms with E-state index in [1.807, 2.05) is 0 Å². The first kappa shape index (κ1) is 9.78. The van der Waals surface area contributed by atoms with Crippen LogP contribution in [0.4, 0.5) is 5.69 Å². The molecule has 11 heavy (non-hydrogen) atoms. The molecule has 3 N–H and O–H groups in total. The summed E-state index contributed by atoms with van der Waals surface area (Å²) >= 11 is 0. The van der Waals surface area contributed by atoms with Gasteiger partial charge in [-0.05, 0) is 24.3 Å². The van der Waals surface area contributed by atoms with Gasteiger partial charge in [0.25, 0.3) is 0 Å². The van der Waals surface area contributed by atoms with Crippen LogP contribution in [0.5, 0.6) is 0 Å². The van der Waals surface area contributed by atoms with Gasteiger partial charge in [0, 0.05) is 5.69 Å². The lowest BCUT2D eigenvalue weighted by atomic mass is 10.2. The quantitative estimate of drug-likeness (QED) is 0.631. The second kappa shape index (κ2) is 3.83. The number of halogens is 1. The van der Waals surface area contributed by atoms with Crippen LogP contribution in [0.15, 0.2) is 24.3 Å². The first-order valence-corrected chi connectivity index (χ1v) is 2.79. The molecule has 1 aromatic rings. The third kappa shape index (κ3) is 2.47. The van der Waals surface area contributed by atoms with Crippen molar-refractivity contribution in [2.45, 2.75) is 0 Å². The Hall–Kier alpha value is -1.22. The van der Waals surface area contributed by atoms with Crippen LogP contribution in [-0.2, 0) is 0 Å². The van der Waals surface area contributed by atoms with Gasteiger partial charge < -0.3 is 10.8 Å². The fraction of sp³-hybridized carbons (Fsp3) is 0. The van der Waals surface area contributed by atoms with Gasteiger partial charge in [0.05, 0.1) is 5.56 Å². The van der Waals surface area contributed by atoms with Crippen molar-refractivity contribution in [2.24, 2.45) is 0 Å². The van der Waals surface area contributed by atoms with Gasteiger partial charge in [0.15, 0.2) is 0 Å². The summed E-state index contributed by atoms with van der Waals surface area (Å²) in [7, 11) is 0. The minimum atomic E-state index is -0.931. The largest absolute Gasteiger partial charge is 0.478 e. The van der Waals surface area contributed by atoms with Crippen LogP contribution in [0, 0.1) is 0 Å². The molecule has 60 valence electrons. The second-order valence-electron chi connectivity index (χ2n) is 1.93.